The number of hydrogen-bond donors (Lipinski definition) is 1. The fraction of sp³-hybridized carbons (Fsp3) is 0.400. The van der Waals surface area contributed by atoms with Crippen molar-refractivity contribution < 1.29 is 23.2 Å². The molecule has 0 aliphatic rings. The number of methoxy groups -OCH3 is 1. The molecule has 0 saturated heterocycles. The molecule has 0 amide bonds. The average molecular weight is 262 g/mol. The Morgan fingerprint density at radius 3 is 2.56 bits per heavy atom. The van der Waals surface area contributed by atoms with E-state index < -0.39 is 18.0 Å². The molecule has 6 nitrogen and oxygen atoms in total. The third-order valence-electron chi connectivity index (χ3n) is 2.15. The van der Waals surface area contributed by atoms with Crippen molar-refractivity contribution in [2.45, 2.75) is 13.0 Å². The van der Waals surface area contributed by atoms with Gasteiger partial charge in [-0.2, -0.15) is 0 Å². The van der Waals surface area contributed by atoms with E-state index in [1.807, 2.05) is 0 Å². The fourth-order valence-corrected chi connectivity index (χ4v) is 1.35. The zero-order chi connectivity index (χ0) is 13.7. The van der Waals surface area contributed by atoms with Crippen LogP contribution >= 0.6 is 0 Å². The van der Waals surface area contributed by atoms with E-state index in [4.69, 9.17) is 15.2 Å². The first-order chi connectivity index (χ1) is 8.49. The maximum absolute atomic E-state index is 12.0. The molecule has 1 aromatic carbocycles. The minimum atomic E-state index is -2.68. The summed E-state index contributed by atoms with van der Waals surface area (Å²) in [4.78, 5) is 10.1. The van der Waals surface area contributed by atoms with Crippen molar-refractivity contribution in [2.24, 2.45) is 5.73 Å². The smallest absolute Gasteiger partial charge is 0.277 e. The molecule has 1 rings (SSSR count). The van der Waals surface area contributed by atoms with Crippen LogP contribution < -0.4 is 15.2 Å². The van der Waals surface area contributed by atoms with E-state index >= 15 is 0 Å². The Kier molecular flexibility index (Phi) is 4.78. The summed E-state index contributed by atoms with van der Waals surface area (Å²) in [6.45, 7) is -0.933. The van der Waals surface area contributed by atoms with Gasteiger partial charge in [-0.3, -0.25) is 10.1 Å². The van der Waals surface area contributed by atoms with Crippen LogP contribution in [0.2, 0.25) is 0 Å². The van der Waals surface area contributed by atoms with Crippen molar-refractivity contribution >= 4 is 5.69 Å². The van der Waals surface area contributed by atoms with E-state index in [-0.39, 0.29) is 29.3 Å². The molecule has 8 heteroatoms. The van der Waals surface area contributed by atoms with E-state index in [2.05, 4.69) is 0 Å². The van der Waals surface area contributed by atoms with Crippen LogP contribution in [0.15, 0.2) is 12.1 Å². The van der Waals surface area contributed by atoms with Crippen LogP contribution in [0.3, 0.4) is 0 Å². The molecule has 0 radical (unpaired) electrons. The lowest BCUT2D eigenvalue weighted by Gasteiger charge is -2.11. The van der Waals surface area contributed by atoms with Gasteiger partial charge in [0.1, 0.15) is 6.61 Å². The molecule has 0 atom stereocenters. The summed E-state index contributed by atoms with van der Waals surface area (Å²) in [5.41, 5.74) is 5.31. The molecule has 0 fully saturated rings. The van der Waals surface area contributed by atoms with Gasteiger partial charge in [0.25, 0.3) is 12.1 Å². The highest BCUT2D eigenvalue weighted by atomic mass is 19.3. The number of halogens is 2. The number of nitro benzene ring substituents is 1. The van der Waals surface area contributed by atoms with Gasteiger partial charge < -0.3 is 15.2 Å². The van der Waals surface area contributed by atoms with Gasteiger partial charge >= 0.3 is 0 Å². The molecule has 0 spiro atoms. The maximum atomic E-state index is 12.0. The van der Waals surface area contributed by atoms with E-state index in [1.54, 1.807) is 0 Å². The van der Waals surface area contributed by atoms with Crippen LogP contribution in [0.25, 0.3) is 0 Å². The lowest BCUT2D eigenvalue weighted by atomic mass is 10.1. The zero-order valence-corrected chi connectivity index (χ0v) is 9.56. The number of rotatable bonds is 6. The molecule has 1 aromatic rings. The molecule has 100 valence electrons. The van der Waals surface area contributed by atoms with Gasteiger partial charge in [-0.15, -0.1) is 0 Å². The normalized spacial score (nSPS) is 10.5. The molecule has 18 heavy (non-hydrogen) atoms. The number of ether oxygens (including phenoxy) is 2. The Morgan fingerprint density at radius 2 is 2.11 bits per heavy atom. The first-order valence-corrected chi connectivity index (χ1v) is 4.96. The van der Waals surface area contributed by atoms with Gasteiger partial charge in [-0.25, -0.2) is 8.78 Å². The third-order valence-corrected chi connectivity index (χ3v) is 2.15. The average Bonchev–Trinajstić information content (AvgIpc) is 2.34. The summed E-state index contributed by atoms with van der Waals surface area (Å²) >= 11 is 0. The largest absolute Gasteiger partial charge is 0.493 e. The van der Waals surface area contributed by atoms with Crippen molar-refractivity contribution in [3.8, 4) is 11.5 Å². The lowest BCUT2D eigenvalue weighted by Crippen LogP contribution is -2.09. The Labute approximate surface area is 101 Å². The third kappa shape index (κ3) is 3.27. The second kappa shape index (κ2) is 6.10. The number of benzene rings is 1. The van der Waals surface area contributed by atoms with Crippen LogP contribution in [0.4, 0.5) is 14.5 Å². The van der Waals surface area contributed by atoms with Gasteiger partial charge in [0.05, 0.1) is 18.1 Å². The predicted octanol–water partition coefficient (Wildman–Crippen LogP) is 1.71. The predicted molar refractivity (Wildman–Crippen MR) is 59.0 cm³/mol. The summed E-state index contributed by atoms with van der Waals surface area (Å²) in [5, 5.41) is 10.8. The van der Waals surface area contributed by atoms with Crippen molar-refractivity contribution in [3.05, 3.63) is 27.8 Å². The highest BCUT2D eigenvalue weighted by molar-refractivity contribution is 5.54. The van der Waals surface area contributed by atoms with Crippen LogP contribution in [-0.2, 0) is 6.54 Å². The molecule has 0 heterocycles. The number of hydrogen-bond acceptors (Lipinski definition) is 5. The quantitative estimate of drug-likeness (QED) is 0.622. The molecule has 0 aliphatic heterocycles. The SMILES string of the molecule is COc1cc(CN)c([N+](=O)[O-])cc1OCC(F)F. The standard InChI is InChI=1S/C10H12F2N2O4/c1-17-8-2-6(4-13)7(14(15)16)3-9(8)18-5-10(11)12/h2-3,10H,4-5,13H2,1H3. The number of nitro groups is 1. The van der Waals surface area contributed by atoms with E-state index in [0.717, 1.165) is 6.07 Å². The first kappa shape index (κ1) is 14.1. The number of alkyl halides is 2. The summed E-state index contributed by atoms with van der Waals surface area (Å²) < 4.78 is 33.7. The highest BCUT2D eigenvalue weighted by Gasteiger charge is 2.19. The maximum Gasteiger partial charge on any atom is 0.277 e. The Morgan fingerprint density at radius 1 is 1.44 bits per heavy atom. The van der Waals surface area contributed by atoms with Crippen LogP contribution in [0.1, 0.15) is 5.56 Å². The number of nitrogens with two attached hydrogens (primary N) is 1. The van der Waals surface area contributed by atoms with Gasteiger partial charge in [0.2, 0.25) is 0 Å². The fourth-order valence-electron chi connectivity index (χ4n) is 1.35. The Bertz CT molecular complexity index is 440. The lowest BCUT2D eigenvalue weighted by molar-refractivity contribution is -0.385. The van der Waals surface area contributed by atoms with E-state index in [9.17, 15) is 18.9 Å². The molecule has 0 aromatic heterocycles. The van der Waals surface area contributed by atoms with Gasteiger partial charge in [0, 0.05) is 12.1 Å². The van der Waals surface area contributed by atoms with Gasteiger partial charge in [-0.1, -0.05) is 0 Å². The topological polar surface area (TPSA) is 87.6 Å². The molecular weight excluding hydrogens is 250 g/mol. The zero-order valence-electron chi connectivity index (χ0n) is 9.56. The molecular formula is C10H12F2N2O4. The van der Waals surface area contributed by atoms with Crippen LogP contribution in [0.5, 0.6) is 11.5 Å². The van der Waals surface area contributed by atoms with Gasteiger partial charge in [-0.05, 0) is 6.07 Å². The molecule has 0 bridgehead atoms. The van der Waals surface area contributed by atoms with E-state index in [1.165, 1.54) is 13.2 Å². The molecule has 0 aliphatic carbocycles. The first-order valence-electron chi connectivity index (χ1n) is 4.96. The minimum Gasteiger partial charge on any atom is -0.493 e. The van der Waals surface area contributed by atoms with Gasteiger partial charge in [0.15, 0.2) is 11.5 Å². The summed E-state index contributed by atoms with van der Waals surface area (Å²) in [5.74, 6) is 0.0170. The van der Waals surface area contributed by atoms with Crippen LogP contribution in [-0.4, -0.2) is 25.1 Å². The molecule has 0 saturated carbocycles. The summed E-state index contributed by atoms with van der Waals surface area (Å²) in [7, 11) is 1.30. The van der Waals surface area contributed by atoms with E-state index in [0.29, 0.717) is 0 Å². The minimum absolute atomic E-state index is 0.0677. The monoisotopic (exact) mass is 262 g/mol. The van der Waals surface area contributed by atoms with Crippen molar-refractivity contribution in [1.82, 2.24) is 0 Å². The van der Waals surface area contributed by atoms with Crippen LogP contribution in [0, 0.1) is 10.1 Å². The summed E-state index contributed by atoms with van der Waals surface area (Å²) in [6.07, 6.45) is -2.68. The van der Waals surface area contributed by atoms with Crippen molar-refractivity contribution in [3.63, 3.8) is 0 Å². The Balaban J connectivity index is 3.14. The Hall–Kier alpha value is -1.96. The highest BCUT2D eigenvalue weighted by Crippen LogP contribution is 2.34. The molecule has 2 N–H and O–H groups in total. The summed E-state index contributed by atoms with van der Waals surface area (Å²) in [6, 6.07) is 2.34. The second-order valence-electron chi connectivity index (χ2n) is 3.30. The number of nitrogens with zero attached hydrogens (tertiary/aromatic N) is 1. The molecule has 0 unspecified atom stereocenters. The second-order valence-corrected chi connectivity index (χ2v) is 3.30. The van der Waals surface area contributed by atoms with Crippen molar-refractivity contribution in [1.29, 1.82) is 0 Å². The van der Waals surface area contributed by atoms with Crippen molar-refractivity contribution in [2.75, 3.05) is 13.7 Å².